The highest BCUT2D eigenvalue weighted by atomic mass is 16.5. The molecule has 3 heterocycles. The second-order valence-corrected chi connectivity index (χ2v) is 6.01. The fourth-order valence-electron chi connectivity index (χ4n) is 3.00. The Kier molecular flexibility index (Phi) is 4.93. The molecule has 1 fully saturated rings. The highest BCUT2D eigenvalue weighted by molar-refractivity contribution is 5.94. The number of pyridine rings is 2. The molecule has 1 aliphatic heterocycles. The SMILES string of the molecule is COC(=O)c1cccnc1N1CC[C@@H](CNc2cccc(C)n2)C1. The third-order valence-corrected chi connectivity index (χ3v) is 4.24. The first-order valence-corrected chi connectivity index (χ1v) is 8.13. The van der Waals surface area contributed by atoms with Gasteiger partial charge in [-0.1, -0.05) is 6.07 Å². The van der Waals surface area contributed by atoms with Gasteiger partial charge in [0, 0.05) is 31.5 Å². The van der Waals surface area contributed by atoms with Crippen molar-refractivity contribution in [2.75, 3.05) is 37.0 Å². The highest BCUT2D eigenvalue weighted by Crippen LogP contribution is 2.25. The number of carbonyl (C=O) groups excluding carboxylic acids is 1. The van der Waals surface area contributed by atoms with E-state index in [9.17, 15) is 4.79 Å². The van der Waals surface area contributed by atoms with Crippen LogP contribution in [0.5, 0.6) is 0 Å². The van der Waals surface area contributed by atoms with Crippen LogP contribution in [0.4, 0.5) is 11.6 Å². The first-order valence-electron chi connectivity index (χ1n) is 8.13. The summed E-state index contributed by atoms with van der Waals surface area (Å²) in [5.74, 6) is 1.76. The van der Waals surface area contributed by atoms with Gasteiger partial charge in [-0.2, -0.15) is 0 Å². The summed E-state index contributed by atoms with van der Waals surface area (Å²) in [7, 11) is 1.39. The van der Waals surface area contributed by atoms with Gasteiger partial charge >= 0.3 is 5.97 Å². The quantitative estimate of drug-likeness (QED) is 0.852. The average Bonchev–Trinajstić information content (AvgIpc) is 3.08. The first-order chi connectivity index (χ1) is 11.7. The van der Waals surface area contributed by atoms with E-state index >= 15 is 0 Å². The van der Waals surface area contributed by atoms with Crippen molar-refractivity contribution in [3.63, 3.8) is 0 Å². The topological polar surface area (TPSA) is 67.3 Å². The van der Waals surface area contributed by atoms with Crippen molar-refractivity contribution in [1.82, 2.24) is 9.97 Å². The highest BCUT2D eigenvalue weighted by Gasteiger charge is 2.26. The van der Waals surface area contributed by atoms with E-state index in [1.54, 1.807) is 18.3 Å². The molecule has 6 nitrogen and oxygen atoms in total. The van der Waals surface area contributed by atoms with E-state index in [1.807, 2.05) is 25.1 Å². The van der Waals surface area contributed by atoms with Gasteiger partial charge in [-0.3, -0.25) is 0 Å². The Morgan fingerprint density at radius 1 is 1.38 bits per heavy atom. The van der Waals surface area contributed by atoms with Gasteiger partial charge < -0.3 is 15.0 Å². The van der Waals surface area contributed by atoms with Crippen LogP contribution in [0.15, 0.2) is 36.5 Å². The van der Waals surface area contributed by atoms with Crippen LogP contribution in [0.1, 0.15) is 22.5 Å². The number of ether oxygens (including phenoxy) is 1. The monoisotopic (exact) mass is 326 g/mol. The minimum atomic E-state index is -0.344. The Balaban J connectivity index is 1.62. The van der Waals surface area contributed by atoms with E-state index in [0.29, 0.717) is 17.3 Å². The minimum Gasteiger partial charge on any atom is -0.465 e. The van der Waals surface area contributed by atoms with E-state index < -0.39 is 0 Å². The number of carbonyl (C=O) groups is 1. The molecule has 2 aromatic heterocycles. The number of methoxy groups -OCH3 is 1. The van der Waals surface area contributed by atoms with E-state index in [2.05, 4.69) is 20.2 Å². The molecule has 0 unspecified atom stereocenters. The molecule has 1 atom stereocenters. The predicted octanol–water partition coefficient (Wildman–Crippen LogP) is 2.51. The molecule has 1 N–H and O–H groups in total. The predicted molar refractivity (Wildman–Crippen MR) is 93.4 cm³/mol. The number of hydrogen-bond acceptors (Lipinski definition) is 6. The van der Waals surface area contributed by atoms with Gasteiger partial charge in [0.1, 0.15) is 17.2 Å². The molecule has 24 heavy (non-hydrogen) atoms. The molecule has 0 saturated carbocycles. The minimum absolute atomic E-state index is 0.344. The van der Waals surface area contributed by atoms with Crippen molar-refractivity contribution in [2.45, 2.75) is 13.3 Å². The Morgan fingerprint density at radius 3 is 3.04 bits per heavy atom. The van der Waals surface area contributed by atoms with Crippen LogP contribution in [0.3, 0.4) is 0 Å². The number of rotatable bonds is 5. The van der Waals surface area contributed by atoms with Crippen LogP contribution in [0.25, 0.3) is 0 Å². The molecule has 0 bridgehead atoms. The first kappa shape index (κ1) is 16.2. The van der Waals surface area contributed by atoms with Crippen molar-refractivity contribution in [3.8, 4) is 0 Å². The van der Waals surface area contributed by atoms with Crippen molar-refractivity contribution in [3.05, 3.63) is 47.8 Å². The molecule has 0 radical (unpaired) electrons. The number of aryl methyl sites for hydroxylation is 1. The van der Waals surface area contributed by atoms with Crippen molar-refractivity contribution < 1.29 is 9.53 Å². The van der Waals surface area contributed by atoms with Crippen LogP contribution in [-0.2, 0) is 4.74 Å². The van der Waals surface area contributed by atoms with Crippen LogP contribution in [0, 0.1) is 12.8 Å². The molecule has 6 heteroatoms. The number of esters is 1. The maximum absolute atomic E-state index is 11.9. The zero-order valence-electron chi connectivity index (χ0n) is 14.0. The van der Waals surface area contributed by atoms with Gasteiger partial charge in [-0.25, -0.2) is 14.8 Å². The fraction of sp³-hybridized carbons (Fsp3) is 0.389. The van der Waals surface area contributed by atoms with E-state index in [4.69, 9.17) is 4.74 Å². The van der Waals surface area contributed by atoms with Gasteiger partial charge in [0.2, 0.25) is 0 Å². The lowest BCUT2D eigenvalue weighted by Crippen LogP contribution is -2.25. The molecule has 0 aliphatic carbocycles. The summed E-state index contributed by atoms with van der Waals surface area (Å²) >= 11 is 0. The maximum Gasteiger partial charge on any atom is 0.341 e. The van der Waals surface area contributed by atoms with Gasteiger partial charge in [0.15, 0.2) is 0 Å². The van der Waals surface area contributed by atoms with Gasteiger partial charge in [-0.15, -0.1) is 0 Å². The lowest BCUT2D eigenvalue weighted by molar-refractivity contribution is 0.0601. The lowest BCUT2D eigenvalue weighted by atomic mass is 10.1. The second-order valence-electron chi connectivity index (χ2n) is 6.01. The maximum atomic E-state index is 11.9. The third-order valence-electron chi connectivity index (χ3n) is 4.24. The number of anilines is 2. The zero-order chi connectivity index (χ0) is 16.9. The van der Waals surface area contributed by atoms with E-state index in [-0.39, 0.29) is 5.97 Å². The van der Waals surface area contributed by atoms with E-state index in [1.165, 1.54) is 7.11 Å². The smallest absolute Gasteiger partial charge is 0.341 e. The molecule has 0 spiro atoms. The molecule has 0 amide bonds. The summed E-state index contributed by atoms with van der Waals surface area (Å²) in [6.07, 6.45) is 2.76. The third kappa shape index (κ3) is 3.64. The standard InChI is InChI=1S/C18H22N4O2/c1-13-5-3-7-16(21-13)20-11-14-8-10-22(12-14)17-15(18(23)24-2)6-4-9-19-17/h3-7,9,14H,8,10-12H2,1-2H3,(H,20,21)/t14-/m0/s1. The van der Waals surface area contributed by atoms with Crippen LogP contribution in [0.2, 0.25) is 0 Å². The van der Waals surface area contributed by atoms with Gasteiger partial charge in [0.05, 0.1) is 7.11 Å². The Hall–Kier alpha value is -2.63. The molecular formula is C18H22N4O2. The van der Waals surface area contributed by atoms with Crippen molar-refractivity contribution in [1.29, 1.82) is 0 Å². The summed E-state index contributed by atoms with van der Waals surface area (Å²) in [6, 6.07) is 9.48. The Morgan fingerprint density at radius 2 is 2.25 bits per heavy atom. The molecule has 126 valence electrons. The normalized spacial score (nSPS) is 16.9. The van der Waals surface area contributed by atoms with Crippen molar-refractivity contribution in [2.24, 2.45) is 5.92 Å². The van der Waals surface area contributed by atoms with Crippen molar-refractivity contribution >= 4 is 17.6 Å². The second kappa shape index (κ2) is 7.29. The molecular weight excluding hydrogens is 304 g/mol. The number of aromatic nitrogens is 2. The van der Waals surface area contributed by atoms with Gasteiger partial charge in [0.25, 0.3) is 0 Å². The molecule has 3 rings (SSSR count). The number of nitrogens with zero attached hydrogens (tertiary/aromatic N) is 3. The molecule has 2 aromatic rings. The number of hydrogen-bond donors (Lipinski definition) is 1. The molecule has 1 aliphatic rings. The zero-order valence-corrected chi connectivity index (χ0v) is 14.0. The molecule has 1 saturated heterocycles. The van der Waals surface area contributed by atoms with Crippen LogP contribution < -0.4 is 10.2 Å². The summed E-state index contributed by atoms with van der Waals surface area (Å²) in [6.45, 7) is 4.58. The number of nitrogens with one attached hydrogen (secondary N) is 1. The summed E-state index contributed by atoms with van der Waals surface area (Å²) < 4.78 is 4.85. The summed E-state index contributed by atoms with van der Waals surface area (Å²) in [5.41, 5.74) is 1.53. The Labute approximate surface area is 141 Å². The lowest BCUT2D eigenvalue weighted by Gasteiger charge is -2.20. The summed E-state index contributed by atoms with van der Waals surface area (Å²) in [4.78, 5) is 22.9. The Bertz CT molecular complexity index is 720. The summed E-state index contributed by atoms with van der Waals surface area (Å²) in [5, 5.41) is 3.40. The largest absolute Gasteiger partial charge is 0.465 e. The fourth-order valence-corrected chi connectivity index (χ4v) is 3.00. The average molecular weight is 326 g/mol. The van der Waals surface area contributed by atoms with Crippen LogP contribution in [-0.4, -0.2) is 42.7 Å². The van der Waals surface area contributed by atoms with Gasteiger partial charge in [-0.05, 0) is 43.5 Å². The van der Waals surface area contributed by atoms with Crippen LogP contribution >= 0.6 is 0 Å². The molecule has 0 aromatic carbocycles. The van der Waals surface area contributed by atoms with E-state index in [0.717, 1.165) is 37.6 Å².